The lowest BCUT2D eigenvalue weighted by Gasteiger charge is -2.38. The van der Waals surface area contributed by atoms with E-state index in [1.165, 1.54) is 11.5 Å². The quantitative estimate of drug-likeness (QED) is 0.521. The van der Waals surface area contributed by atoms with Gasteiger partial charge in [-0.1, -0.05) is 0 Å². The number of aromatic nitrogens is 5. The number of hydrogen-bond acceptors (Lipinski definition) is 9. The van der Waals surface area contributed by atoms with Crippen LogP contribution in [0.15, 0.2) is 12.4 Å². The predicted molar refractivity (Wildman–Crippen MR) is 138 cm³/mol. The number of amides is 1. The van der Waals surface area contributed by atoms with Crippen molar-refractivity contribution in [3.8, 4) is 0 Å². The third kappa shape index (κ3) is 5.09. The summed E-state index contributed by atoms with van der Waals surface area (Å²) in [7, 11) is 0. The van der Waals surface area contributed by atoms with Crippen molar-refractivity contribution in [1.29, 1.82) is 0 Å². The Kier molecular flexibility index (Phi) is 6.85. The number of aryl methyl sites for hydroxylation is 1. The molecule has 3 aromatic rings. The van der Waals surface area contributed by atoms with E-state index < -0.39 is 0 Å². The molecule has 192 valence electrons. The minimum Gasteiger partial charge on any atom is -0.381 e. The average Bonchev–Trinajstić information content (AvgIpc) is 3.52. The first-order chi connectivity index (χ1) is 17.6. The van der Waals surface area contributed by atoms with Crippen molar-refractivity contribution in [3.63, 3.8) is 0 Å². The fraction of sp³-hybridized carbons (Fsp3) is 0.640. The van der Waals surface area contributed by atoms with Crippen LogP contribution in [0.4, 0.5) is 5.82 Å². The number of piperazine rings is 1. The summed E-state index contributed by atoms with van der Waals surface area (Å²) in [5.41, 5.74) is 2.10. The minimum absolute atomic E-state index is 0.149. The molecule has 1 amide bonds. The van der Waals surface area contributed by atoms with Crippen LogP contribution < -0.4 is 10.6 Å². The molecule has 5 heterocycles. The van der Waals surface area contributed by atoms with Crippen molar-refractivity contribution in [1.82, 2.24) is 34.3 Å². The lowest BCUT2D eigenvalue weighted by atomic mass is 9.89. The van der Waals surface area contributed by atoms with Crippen LogP contribution in [0, 0.1) is 6.92 Å². The molecule has 0 spiro atoms. The van der Waals surface area contributed by atoms with E-state index in [9.17, 15) is 4.79 Å². The van der Waals surface area contributed by atoms with Crippen LogP contribution in [-0.4, -0.2) is 79.9 Å². The number of carbonyl (C=O) groups is 1. The van der Waals surface area contributed by atoms with Crippen LogP contribution >= 0.6 is 11.5 Å². The number of ether oxygens (including phenoxy) is 1. The first-order valence-corrected chi connectivity index (χ1v) is 13.9. The van der Waals surface area contributed by atoms with E-state index in [2.05, 4.69) is 35.9 Å². The maximum Gasteiger partial charge on any atom is 0.234 e. The molecule has 1 aliphatic carbocycles. The first-order valence-electron chi connectivity index (χ1n) is 13.1. The molecule has 6 rings (SSSR count). The lowest BCUT2D eigenvalue weighted by molar-refractivity contribution is -0.125. The van der Waals surface area contributed by atoms with Crippen molar-refractivity contribution >= 4 is 33.5 Å². The SMILES string of the molecule is Cc1nsc2nc(Cc3cnn(C4CCOCC4)c3)nc(NC3CCC(N4CCNC(=O)C4)CC3)c12. The van der Waals surface area contributed by atoms with Crippen molar-refractivity contribution < 1.29 is 9.53 Å². The van der Waals surface area contributed by atoms with E-state index in [4.69, 9.17) is 14.7 Å². The number of nitrogens with zero attached hydrogens (tertiary/aromatic N) is 6. The Balaban J connectivity index is 1.15. The highest BCUT2D eigenvalue weighted by molar-refractivity contribution is 7.13. The first kappa shape index (κ1) is 23.7. The fourth-order valence-corrected chi connectivity index (χ4v) is 6.56. The van der Waals surface area contributed by atoms with Gasteiger partial charge in [-0.15, -0.1) is 0 Å². The van der Waals surface area contributed by atoms with Crippen LogP contribution in [0.5, 0.6) is 0 Å². The van der Waals surface area contributed by atoms with Gasteiger partial charge < -0.3 is 15.4 Å². The second-order valence-corrected chi connectivity index (χ2v) is 11.0. The monoisotopic (exact) mass is 510 g/mol. The van der Waals surface area contributed by atoms with Crippen LogP contribution in [0.25, 0.3) is 10.2 Å². The number of fused-ring (bicyclic) bond motifs is 1. The van der Waals surface area contributed by atoms with E-state index in [1.54, 1.807) is 0 Å². The van der Waals surface area contributed by atoms with E-state index in [0.717, 1.165) is 97.9 Å². The van der Waals surface area contributed by atoms with Crippen LogP contribution in [0.2, 0.25) is 0 Å². The van der Waals surface area contributed by atoms with Gasteiger partial charge in [0, 0.05) is 51.0 Å². The molecule has 3 fully saturated rings. The highest BCUT2D eigenvalue weighted by Gasteiger charge is 2.29. The molecule has 2 aliphatic heterocycles. The van der Waals surface area contributed by atoms with Gasteiger partial charge in [-0.3, -0.25) is 14.4 Å². The second kappa shape index (κ2) is 10.4. The van der Waals surface area contributed by atoms with E-state index in [-0.39, 0.29) is 5.91 Å². The highest BCUT2D eigenvalue weighted by atomic mass is 32.1. The zero-order valence-corrected chi connectivity index (χ0v) is 21.6. The largest absolute Gasteiger partial charge is 0.381 e. The van der Waals surface area contributed by atoms with Gasteiger partial charge in [-0.05, 0) is 62.5 Å². The fourth-order valence-electron chi connectivity index (χ4n) is 5.77. The Hall–Kier alpha value is -2.63. The Morgan fingerprint density at radius 2 is 1.97 bits per heavy atom. The van der Waals surface area contributed by atoms with Gasteiger partial charge in [0.05, 0.1) is 29.9 Å². The predicted octanol–water partition coefficient (Wildman–Crippen LogP) is 2.69. The van der Waals surface area contributed by atoms with Crippen LogP contribution in [0.3, 0.4) is 0 Å². The molecule has 0 atom stereocenters. The Morgan fingerprint density at radius 1 is 1.14 bits per heavy atom. The minimum atomic E-state index is 0.149. The number of hydrogen-bond donors (Lipinski definition) is 2. The molecule has 2 saturated heterocycles. The summed E-state index contributed by atoms with van der Waals surface area (Å²) >= 11 is 1.44. The summed E-state index contributed by atoms with van der Waals surface area (Å²) in [6.45, 7) is 5.88. The molecule has 1 saturated carbocycles. The van der Waals surface area contributed by atoms with E-state index >= 15 is 0 Å². The molecule has 11 heteroatoms. The molecule has 0 aromatic carbocycles. The number of rotatable bonds is 6. The molecule has 0 bridgehead atoms. The molecule has 0 unspecified atom stereocenters. The molecular weight excluding hydrogens is 476 g/mol. The smallest absolute Gasteiger partial charge is 0.234 e. The molecule has 3 aromatic heterocycles. The normalized spacial score (nSPS) is 24.2. The van der Waals surface area contributed by atoms with Gasteiger partial charge >= 0.3 is 0 Å². The third-order valence-corrected chi connectivity index (χ3v) is 8.59. The summed E-state index contributed by atoms with van der Waals surface area (Å²) in [5, 5.41) is 12.3. The van der Waals surface area contributed by atoms with Crippen LogP contribution in [-0.2, 0) is 16.0 Å². The van der Waals surface area contributed by atoms with Gasteiger partial charge in [0.2, 0.25) is 5.91 Å². The maximum atomic E-state index is 11.8. The summed E-state index contributed by atoms with van der Waals surface area (Å²) < 4.78 is 12.1. The molecular formula is C25H34N8O2S. The van der Waals surface area contributed by atoms with E-state index in [0.29, 0.717) is 31.1 Å². The summed E-state index contributed by atoms with van der Waals surface area (Å²) in [6, 6.07) is 1.26. The lowest BCUT2D eigenvalue weighted by Crippen LogP contribution is -2.52. The zero-order chi connectivity index (χ0) is 24.5. The Bertz CT molecular complexity index is 1210. The number of anilines is 1. The molecule has 10 nitrogen and oxygen atoms in total. The van der Waals surface area contributed by atoms with Gasteiger partial charge in [0.25, 0.3) is 0 Å². The average molecular weight is 511 g/mol. The zero-order valence-electron chi connectivity index (χ0n) is 20.8. The highest BCUT2D eigenvalue weighted by Crippen LogP contribution is 2.31. The molecule has 2 N–H and O–H groups in total. The molecule has 0 radical (unpaired) electrons. The summed E-state index contributed by atoms with van der Waals surface area (Å²) in [4.78, 5) is 24.9. The second-order valence-electron chi connectivity index (χ2n) is 10.3. The Labute approximate surface area is 215 Å². The summed E-state index contributed by atoms with van der Waals surface area (Å²) in [6.07, 6.45) is 11.1. The number of carbonyl (C=O) groups excluding carboxylic acids is 1. The van der Waals surface area contributed by atoms with Gasteiger partial charge in [0.15, 0.2) is 0 Å². The van der Waals surface area contributed by atoms with Crippen molar-refractivity contribution in [2.24, 2.45) is 0 Å². The van der Waals surface area contributed by atoms with Crippen LogP contribution in [0.1, 0.15) is 61.6 Å². The summed E-state index contributed by atoms with van der Waals surface area (Å²) in [5.74, 6) is 1.85. The molecule has 36 heavy (non-hydrogen) atoms. The molecule has 3 aliphatic rings. The number of nitrogens with one attached hydrogen (secondary N) is 2. The van der Waals surface area contributed by atoms with Gasteiger partial charge in [0.1, 0.15) is 16.5 Å². The van der Waals surface area contributed by atoms with Crippen molar-refractivity contribution in [3.05, 3.63) is 29.5 Å². The standard InChI is InChI=1S/C25H34N8O2S/c1-16-23-24(28-18-2-4-19(5-3-18)32-9-8-26-22(34)15-32)29-21(30-25(23)36-31-16)12-17-13-27-33(14-17)20-6-10-35-11-7-20/h13-14,18-20H,2-12,15H2,1H3,(H,26,34)(H,28,29,30). The van der Waals surface area contributed by atoms with Gasteiger partial charge in [-0.2, -0.15) is 9.47 Å². The topological polar surface area (TPSA) is 110 Å². The van der Waals surface area contributed by atoms with Crippen molar-refractivity contribution in [2.75, 3.05) is 38.2 Å². The van der Waals surface area contributed by atoms with Crippen molar-refractivity contribution in [2.45, 2.75) is 70.0 Å². The van der Waals surface area contributed by atoms with Gasteiger partial charge in [-0.25, -0.2) is 9.97 Å². The third-order valence-electron chi connectivity index (χ3n) is 7.76. The maximum absolute atomic E-state index is 11.8. The Morgan fingerprint density at radius 3 is 2.78 bits per heavy atom. The van der Waals surface area contributed by atoms with E-state index in [1.807, 2.05) is 13.1 Å².